The number of aromatic nitrogens is 1. The van der Waals surface area contributed by atoms with E-state index in [4.69, 9.17) is 14.2 Å². The number of nitrogens with zero attached hydrogens (tertiary/aromatic N) is 1. The Morgan fingerprint density at radius 1 is 1.17 bits per heavy atom. The molecule has 1 fully saturated rings. The number of benzene rings is 1. The van der Waals surface area contributed by atoms with Crippen LogP contribution in [0.2, 0.25) is 0 Å². The third-order valence-electron chi connectivity index (χ3n) is 5.57. The molecule has 3 N–H and O–H groups in total. The predicted molar refractivity (Wildman–Crippen MR) is 130 cm³/mol. The first-order chi connectivity index (χ1) is 16.9. The molecular weight excluding hydrogens is 452 g/mol. The number of ether oxygens (including phenoxy) is 3. The highest BCUT2D eigenvalue weighted by Gasteiger charge is 2.27. The lowest BCUT2D eigenvalue weighted by molar-refractivity contribution is -0.137. The molecule has 0 saturated carbocycles. The Kier molecular flexibility index (Phi) is 9.28. The summed E-state index contributed by atoms with van der Waals surface area (Å²) in [5.74, 6) is 1.40. The van der Waals surface area contributed by atoms with Gasteiger partial charge in [0.2, 0.25) is 23.5 Å². The van der Waals surface area contributed by atoms with Crippen molar-refractivity contribution >= 4 is 29.2 Å². The highest BCUT2D eigenvalue weighted by atomic mass is 16.5. The number of imide groups is 1. The summed E-state index contributed by atoms with van der Waals surface area (Å²) in [6.07, 6.45) is 4.71. The number of nitrogens with one attached hydrogen (secondary N) is 3. The van der Waals surface area contributed by atoms with Crippen molar-refractivity contribution in [3.8, 4) is 17.2 Å². The minimum atomic E-state index is -0.641. The Morgan fingerprint density at radius 2 is 1.97 bits per heavy atom. The topological polar surface area (TPSA) is 128 Å². The zero-order chi connectivity index (χ0) is 25.2. The van der Waals surface area contributed by atoms with Crippen LogP contribution >= 0.6 is 0 Å². The summed E-state index contributed by atoms with van der Waals surface area (Å²) < 4.78 is 16.6. The van der Waals surface area contributed by atoms with Crippen LogP contribution in [0.25, 0.3) is 0 Å². The fraction of sp³-hybridized carbons (Fsp3) is 0.440. The smallest absolute Gasteiger partial charge is 0.249 e. The first-order valence-electron chi connectivity index (χ1n) is 11.7. The van der Waals surface area contributed by atoms with Crippen molar-refractivity contribution in [3.63, 3.8) is 0 Å². The summed E-state index contributed by atoms with van der Waals surface area (Å²) >= 11 is 0. The summed E-state index contributed by atoms with van der Waals surface area (Å²) in [5, 5.41) is 8.28. The van der Waals surface area contributed by atoms with Crippen molar-refractivity contribution in [2.75, 3.05) is 26.1 Å². The number of pyridine rings is 1. The molecule has 1 saturated heterocycles. The quantitative estimate of drug-likeness (QED) is 0.310. The van der Waals surface area contributed by atoms with Gasteiger partial charge in [-0.25, -0.2) is 4.98 Å². The lowest BCUT2D eigenvalue weighted by Gasteiger charge is -2.21. The van der Waals surface area contributed by atoms with Gasteiger partial charge in [0.25, 0.3) is 0 Å². The van der Waals surface area contributed by atoms with E-state index in [9.17, 15) is 14.4 Å². The number of methoxy groups -OCH3 is 2. The van der Waals surface area contributed by atoms with Crippen LogP contribution in [0.1, 0.15) is 44.6 Å². The molecule has 35 heavy (non-hydrogen) atoms. The zero-order valence-corrected chi connectivity index (χ0v) is 20.3. The normalized spacial score (nSPS) is 15.2. The number of anilines is 2. The van der Waals surface area contributed by atoms with Crippen LogP contribution in [-0.2, 0) is 20.8 Å². The van der Waals surface area contributed by atoms with Crippen LogP contribution in [-0.4, -0.2) is 49.6 Å². The number of carbonyl (C=O) groups excluding carboxylic acids is 3. The second-order valence-electron chi connectivity index (χ2n) is 8.06. The van der Waals surface area contributed by atoms with Crippen molar-refractivity contribution in [1.29, 1.82) is 0 Å². The Labute approximate surface area is 204 Å². The van der Waals surface area contributed by atoms with Gasteiger partial charge in [-0.05, 0) is 44.2 Å². The molecule has 3 amide bonds. The average Bonchev–Trinajstić information content (AvgIpc) is 2.84. The molecule has 3 rings (SSSR count). The number of aryl methyl sites for hydroxylation is 1. The summed E-state index contributed by atoms with van der Waals surface area (Å²) in [4.78, 5) is 39.7. The van der Waals surface area contributed by atoms with E-state index >= 15 is 0 Å². The maximum absolute atomic E-state index is 12.2. The monoisotopic (exact) mass is 484 g/mol. The molecule has 2 aromatic rings. The van der Waals surface area contributed by atoms with Crippen LogP contribution < -0.4 is 30.2 Å². The predicted octanol–water partition coefficient (Wildman–Crippen LogP) is 2.88. The van der Waals surface area contributed by atoms with Gasteiger partial charge < -0.3 is 24.8 Å². The first kappa shape index (κ1) is 25.8. The fourth-order valence-corrected chi connectivity index (χ4v) is 3.85. The van der Waals surface area contributed by atoms with E-state index < -0.39 is 11.9 Å². The second kappa shape index (κ2) is 12.6. The van der Waals surface area contributed by atoms with Gasteiger partial charge in [-0.1, -0.05) is 6.07 Å². The van der Waals surface area contributed by atoms with Crippen molar-refractivity contribution in [2.45, 2.75) is 51.5 Å². The van der Waals surface area contributed by atoms with Gasteiger partial charge in [0.05, 0.1) is 20.8 Å². The standard InChI is InChI=1S/C25H32N4O6/c1-4-35-20-15-17(14-19(33-2)23(20)34-3)27-24-16(9-7-13-26-24)8-5-6-10-21(30)28-18-11-12-22(31)29-25(18)32/h7,9,13-15,18H,4-6,8,10-12H2,1-3H3,(H,26,27)(H,28,30)(H,29,31,32). The number of unbranched alkanes of at least 4 members (excludes halogenated alkanes) is 1. The number of carbonyl (C=O) groups is 3. The molecule has 1 aliphatic heterocycles. The van der Waals surface area contributed by atoms with Gasteiger partial charge in [-0.3, -0.25) is 19.7 Å². The van der Waals surface area contributed by atoms with Crippen LogP contribution in [0, 0.1) is 0 Å². The van der Waals surface area contributed by atoms with Gasteiger partial charge in [-0.2, -0.15) is 0 Å². The Balaban J connectivity index is 1.57. The third-order valence-corrected chi connectivity index (χ3v) is 5.57. The van der Waals surface area contributed by atoms with Gasteiger partial charge in [-0.15, -0.1) is 0 Å². The van der Waals surface area contributed by atoms with E-state index in [1.54, 1.807) is 20.4 Å². The van der Waals surface area contributed by atoms with Crippen LogP contribution in [0.4, 0.5) is 11.5 Å². The number of amides is 3. The van der Waals surface area contributed by atoms with Crippen LogP contribution in [0.3, 0.4) is 0 Å². The maximum Gasteiger partial charge on any atom is 0.249 e. The van der Waals surface area contributed by atoms with E-state index in [1.807, 2.05) is 31.2 Å². The molecule has 2 heterocycles. The number of hydrogen-bond donors (Lipinski definition) is 3. The molecule has 0 radical (unpaired) electrons. The van der Waals surface area contributed by atoms with Crippen molar-refractivity contribution in [3.05, 3.63) is 36.0 Å². The molecule has 1 aromatic carbocycles. The van der Waals surface area contributed by atoms with Crippen molar-refractivity contribution in [2.24, 2.45) is 0 Å². The molecule has 10 heteroatoms. The molecule has 1 atom stereocenters. The number of piperidine rings is 1. The first-order valence-corrected chi connectivity index (χ1v) is 11.7. The molecule has 10 nitrogen and oxygen atoms in total. The minimum Gasteiger partial charge on any atom is -0.493 e. The Bertz CT molecular complexity index is 1060. The summed E-state index contributed by atoms with van der Waals surface area (Å²) in [6.45, 7) is 2.38. The van der Waals surface area contributed by atoms with E-state index in [2.05, 4.69) is 20.9 Å². The molecular formula is C25H32N4O6. The van der Waals surface area contributed by atoms with Crippen molar-refractivity contribution in [1.82, 2.24) is 15.6 Å². The summed E-state index contributed by atoms with van der Waals surface area (Å²) in [7, 11) is 3.13. The minimum absolute atomic E-state index is 0.196. The SMILES string of the molecule is CCOc1cc(Nc2ncccc2CCCCC(=O)NC2CCC(=O)NC2=O)cc(OC)c1OC. The van der Waals surface area contributed by atoms with E-state index in [-0.39, 0.29) is 18.2 Å². The van der Waals surface area contributed by atoms with Crippen LogP contribution in [0.15, 0.2) is 30.5 Å². The molecule has 0 aliphatic carbocycles. The number of rotatable bonds is 12. The summed E-state index contributed by atoms with van der Waals surface area (Å²) in [6, 6.07) is 6.87. The van der Waals surface area contributed by atoms with Gasteiger partial charge in [0, 0.05) is 36.9 Å². The maximum atomic E-state index is 12.2. The van der Waals surface area contributed by atoms with E-state index in [1.165, 1.54) is 0 Å². The molecule has 0 bridgehead atoms. The third kappa shape index (κ3) is 7.08. The Hall–Kier alpha value is -3.82. The molecule has 1 aliphatic rings. The number of hydrogen-bond acceptors (Lipinski definition) is 8. The van der Waals surface area contributed by atoms with Crippen molar-refractivity contribution < 1.29 is 28.6 Å². The largest absolute Gasteiger partial charge is 0.493 e. The van der Waals surface area contributed by atoms with E-state index in [0.717, 1.165) is 17.7 Å². The highest BCUT2D eigenvalue weighted by Crippen LogP contribution is 2.41. The van der Waals surface area contributed by atoms with Crippen LogP contribution in [0.5, 0.6) is 17.2 Å². The van der Waals surface area contributed by atoms with Gasteiger partial charge >= 0.3 is 0 Å². The highest BCUT2D eigenvalue weighted by molar-refractivity contribution is 6.01. The second-order valence-corrected chi connectivity index (χ2v) is 8.06. The van der Waals surface area contributed by atoms with E-state index in [0.29, 0.717) is 55.4 Å². The lowest BCUT2D eigenvalue weighted by atomic mass is 10.0. The molecule has 188 valence electrons. The zero-order valence-electron chi connectivity index (χ0n) is 20.3. The fourth-order valence-electron chi connectivity index (χ4n) is 3.85. The molecule has 0 spiro atoms. The molecule has 1 unspecified atom stereocenters. The average molecular weight is 485 g/mol. The van der Waals surface area contributed by atoms with Gasteiger partial charge in [0.1, 0.15) is 11.9 Å². The summed E-state index contributed by atoms with van der Waals surface area (Å²) in [5.41, 5.74) is 1.75. The Morgan fingerprint density at radius 3 is 2.69 bits per heavy atom. The lowest BCUT2D eigenvalue weighted by Crippen LogP contribution is -2.52. The van der Waals surface area contributed by atoms with Gasteiger partial charge in [0.15, 0.2) is 11.5 Å². The molecule has 1 aromatic heterocycles.